The van der Waals surface area contributed by atoms with Crippen LogP contribution in [0.2, 0.25) is 5.02 Å². The van der Waals surface area contributed by atoms with Crippen LogP contribution in [0.5, 0.6) is 0 Å². The van der Waals surface area contributed by atoms with Crippen molar-refractivity contribution in [2.24, 2.45) is 0 Å². The number of nitrogens with zero attached hydrogens (tertiary/aromatic N) is 3. The third-order valence-corrected chi connectivity index (χ3v) is 10.5. The molecule has 1 atom stereocenters. The van der Waals surface area contributed by atoms with Gasteiger partial charge < -0.3 is 9.80 Å². The van der Waals surface area contributed by atoms with E-state index in [1.807, 2.05) is 29.6 Å². The molecule has 0 aromatic heterocycles. The van der Waals surface area contributed by atoms with E-state index < -0.39 is 0 Å². The van der Waals surface area contributed by atoms with Gasteiger partial charge in [0, 0.05) is 43.7 Å². The van der Waals surface area contributed by atoms with Gasteiger partial charge in [-0.2, -0.15) is 0 Å². The lowest BCUT2D eigenvalue weighted by Gasteiger charge is -2.37. The second-order valence-electron chi connectivity index (χ2n) is 11.2. The molecule has 0 amide bonds. The van der Waals surface area contributed by atoms with Crippen molar-refractivity contribution in [1.82, 2.24) is 9.80 Å². The number of halogens is 3. The highest BCUT2D eigenvalue weighted by molar-refractivity contribution is 8.00. The Morgan fingerprint density at radius 3 is 1.87 bits per heavy atom. The van der Waals surface area contributed by atoms with Crippen LogP contribution in [0.1, 0.15) is 38.3 Å². The maximum absolute atomic E-state index is 6.21. The standard InChI is InChI=1S/C19H24N2S.C18H18ClNS.2ClH/c1-4-20(5-2)15(3)14-21-16-10-6-8-12-18(16)22-19-13-9-7-11-17(19)21;1-20(2)11-5-7-14-15-6-3-4-8-17(15)21-18-10-9-13(19)12-16(14)18;;/h6-13,15H,4-5,14H2,1-3H3;3-4,6-10,12H,5,11H2,1-2H3;2*1H. The van der Waals surface area contributed by atoms with Crippen LogP contribution in [0, 0.1) is 0 Å². The number of rotatable bonds is 8. The summed E-state index contributed by atoms with van der Waals surface area (Å²) >= 11 is 9.91. The lowest BCUT2D eigenvalue weighted by atomic mass is 9.96. The molecule has 0 spiro atoms. The molecule has 0 saturated carbocycles. The van der Waals surface area contributed by atoms with E-state index in [4.69, 9.17) is 11.6 Å². The summed E-state index contributed by atoms with van der Waals surface area (Å²) in [4.78, 5) is 12.5. The molecule has 4 aromatic carbocycles. The van der Waals surface area contributed by atoms with Crippen LogP contribution in [0.25, 0.3) is 5.57 Å². The minimum Gasteiger partial charge on any atom is -0.338 e. The number of fused-ring (bicyclic) bond motifs is 4. The molecule has 3 nitrogen and oxygen atoms in total. The van der Waals surface area contributed by atoms with E-state index in [1.165, 1.54) is 47.7 Å². The summed E-state index contributed by atoms with van der Waals surface area (Å²) in [5.41, 5.74) is 6.56. The van der Waals surface area contributed by atoms with E-state index in [1.54, 1.807) is 0 Å². The van der Waals surface area contributed by atoms with Crippen LogP contribution < -0.4 is 4.90 Å². The smallest absolute Gasteiger partial charge is 0.0553 e. The molecule has 0 saturated heterocycles. The van der Waals surface area contributed by atoms with Gasteiger partial charge in [-0.15, -0.1) is 24.8 Å². The van der Waals surface area contributed by atoms with Gasteiger partial charge in [0.1, 0.15) is 0 Å². The second kappa shape index (κ2) is 17.7. The molecule has 4 aromatic rings. The summed E-state index contributed by atoms with van der Waals surface area (Å²) in [5, 5.41) is 0.798. The topological polar surface area (TPSA) is 9.72 Å². The highest BCUT2D eigenvalue weighted by atomic mass is 35.5. The third-order valence-electron chi connectivity index (χ3n) is 7.97. The molecular formula is C37H44Cl3N3S2. The molecule has 0 fully saturated rings. The van der Waals surface area contributed by atoms with Crippen LogP contribution in [0.15, 0.2) is 117 Å². The summed E-state index contributed by atoms with van der Waals surface area (Å²) in [6.45, 7) is 11.1. The van der Waals surface area contributed by atoms with Gasteiger partial charge in [0.15, 0.2) is 0 Å². The van der Waals surface area contributed by atoms with E-state index in [0.29, 0.717) is 6.04 Å². The van der Waals surface area contributed by atoms with Crippen LogP contribution >= 0.6 is 59.9 Å². The van der Waals surface area contributed by atoms with Crippen molar-refractivity contribution in [3.05, 3.63) is 113 Å². The number of hydrogen-bond acceptors (Lipinski definition) is 5. The first-order valence-corrected chi connectivity index (χ1v) is 17.2. The molecular weight excluding hydrogens is 657 g/mol. The van der Waals surface area contributed by atoms with Gasteiger partial charge in [-0.1, -0.05) is 97.5 Å². The predicted molar refractivity (Wildman–Crippen MR) is 203 cm³/mol. The zero-order valence-corrected chi connectivity index (χ0v) is 30.7. The van der Waals surface area contributed by atoms with Gasteiger partial charge >= 0.3 is 0 Å². The minimum atomic E-state index is 0. The summed E-state index contributed by atoms with van der Waals surface area (Å²) in [6.07, 6.45) is 3.38. The van der Waals surface area contributed by atoms with Crippen molar-refractivity contribution in [3.63, 3.8) is 0 Å². The Kier molecular flexibility index (Phi) is 14.7. The molecule has 0 aliphatic carbocycles. The number of hydrogen-bond donors (Lipinski definition) is 0. The second-order valence-corrected chi connectivity index (χ2v) is 13.8. The van der Waals surface area contributed by atoms with E-state index in [9.17, 15) is 0 Å². The lowest BCUT2D eigenvalue weighted by molar-refractivity contribution is 0.236. The van der Waals surface area contributed by atoms with Crippen molar-refractivity contribution in [3.8, 4) is 0 Å². The lowest BCUT2D eigenvalue weighted by Crippen LogP contribution is -2.41. The number of likely N-dealkylation sites (N-methyl/N-ethyl adjacent to an activating group) is 1. The summed E-state index contributed by atoms with van der Waals surface area (Å²) < 4.78 is 0. The fourth-order valence-corrected chi connectivity index (χ4v) is 8.09. The zero-order valence-electron chi connectivity index (χ0n) is 26.7. The van der Waals surface area contributed by atoms with Crippen LogP contribution in [-0.2, 0) is 0 Å². The van der Waals surface area contributed by atoms with Gasteiger partial charge in [-0.25, -0.2) is 0 Å². The van der Waals surface area contributed by atoms with E-state index in [0.717, 1.165) is 37.6 Å². The normalized spacial score (nSPS) is 14.2. The maximum atomic E-state index is 6.21. The van der Waals surface area contributed by atoms with Crippen molar-refractivity contribution >= 4 is 76.9 Å². The Bertz CT molecular complexity index is 1530. The molecule has 0 bridgehead atoms. The Balaban J connectivity index is 0.000000235. The number of para-hydroxylation sites is 2. The minimum absolute atomic E-state index is 0. The molecule has 2 aliphatic heterocycles. The van der Waals surface area contributed by atoms with Gasteiger partial charge in [0.2, 0.25) is 0 Å². The molecule has 0 radical (unpaired) electrons. The molecule has 240 valence electrons. The molecule has 6 rings (SSSR count). The first kappa shape index (κ1) is 37.4. The van der Waals surface area contributed by atoms with Gasteiger partial charge in [0.05, 0.1) is 11.4 Å². The number of benzene rings is 4. The Morgan fingerprint density at radius 2 is 1.27 bits per heavy atom. The molecule has 2 heterocycles. The summed E-state index contributed by atoms with van der Waals surface area (Å²) in [6, 6.07) is 32.8. The van der Waals surface area contributed by atoms with Crippen molar-refractivity contribution in [1.29, 1.82) is 0 Å². The highest BCUT2D eigenvalue weighted by Gasteiger charge is 2.25. The SMILES string of the molecule is CCN(CC)C(C)CN1c2ccccc2Sc2ccccc21.CN(C)CCC=C1c2ccccc2Sc2ccc(Cl)cc21.Cl.Cl. The monoisotopic (exact) mass is 699 g/mol. The Hall–Kier alpha value is -2.09. The van der Waals surface area contributed by atoms with E-state index in [-0.39, 0.29) is 24.8 Å². The number of anilines is 2. The fourth-order valence-electron chi connectivity index (χ4n) is 5.73. The molecule has 0 N–H and O–H groups in total. The molecule has 1 unspecified atom stereocenters. The van der Waals surface area contributed by atoms with Crippen LogP contribution in [-0.4, -0.2) is 56.1 Å². The van der Waals surface area contributed by atoms with E-state index in [2.05, 4.69) is 141 Å². The van der Waals surface area contributed by atoms with Gasteiger partial charge in [-0.05, 0) is 106 Å². The highest BCUT2D eigenvalue weighted by Crippen LogP contribution is 2.48. The Labute approximate surface area is 296 Å². The largest absolute Gasteiger partial charge is 0.338 e. The molecule has 45 heavy (non-hydrogen) atoms. The van der Waals surface area contributed by atoms with Gasteiger partial charge in [0.25, 0.3) is 0 Å². The average Bonchev–Trinajstić information content (AvgIpc) is 3.01. The maximum Gasteiger partial charge on any atom is 0.0553 e. The fraction of sp³-hybridized carbons (Fsp3) is 0.297. The van der Waals surface area contributed by atoms with Crippen molar-refractivity contribution in [2.45, 2.75) is 52.8 Å². The predicted octanol–water partition coefficient (Wildman–Crippen LogP) is 11.1. The quantitative estimate of drug-likeness (QED) is 0.159. The van der Waals surface area contributed by atoms with Crippen LogP contribution in [0.3, 0.4) is 0 Å². The first-order valence-electron chi connectivity index (χ1n) is 15.2. The average molecular weight is 701 g/mol. The van der Waals surface area contributed by atoms with Crippen molar-refractivity contribution in [2.75, 3.05) is 45.2 Å². The summed E-state index contributed by atoms with van der Waals surface area (Å²) in [7, 11) is 4.21. The van der Waals surface area contributed by atoms with Gasteiger partial charge in [-0.3, -0.25) is 4.90 Å². The molecule has 8 heteroatoms. The molecule has 2 aliphatic rings. The zero-order chi connectivity index (χ0) is 30.3. The Morgan fingerprint density at radius 1 is 0.733 bits per heavy atom. The van der Waals surface area contributed by atoms with E-state index >= 15 is 0 Å². The third kappa shape index (κ3) is 9.04. The first-order chi connectivity index (χ1) is 20.9. The van der Waals surface area contributed by atoms with Crippen molar-refractivity contribution < 1.29 is 0 Å². The van der Waals surface area contributed by atoms with Crippen LogP contribution in [0.4, 0.5) is 11.4 Å². The summed E-state index contributed by atoms with van der Waals surface area (Å²) in [5.74, 6) is 0.